The first-order valence-electron chi connectivity index (χ1n) is 6.77. The average Bonchev–Trinajstić information content (AvgIpc) is 2.88. The van der Waals surface area contributed by atoms with Crippen molar-refractivity contribution in [1.82, 2.24) is 0 Å². The Labute approximate surface area is 113 Å². The summed E-state index contributed by atoms with van der Waals surface area (Å²) < 4.78 is 20.2. The number of ether oxygens (including phenoxy) is 4. The van der Waals surface area contributed by atoms with E-state index in [-0.39, 0.29) is 6.79 Å². The lowest BCUT2D eigenvalue weighted by atomic mass is 10.2. The Balaban J connectivity index is 2.39. The van der Waals surface area contributed by atoms with Crippen LogP contribution in [0.25, 0.3) is 0 Å². The molecule has 0 unspecified atom stereocenters. The second kappa shape index (κ2) is 8.87. The Bertz CT molecular complexity index is 263. The van der Waals surface area contributed by atoms with Crippen LogP contribution >= 0.6 is 0 Å². The molecule has 1 aliphatic rings. The van der Waals surface area contributed by atoms with Crippen molar-refractivity contribution in [3.63, 3.8) is 0 Å². The summed E-state index contributed by atoms with van der Waals surface area (Å²) in [5.74, 6) is -1.13. The summed E-state index contributed by atoms with van der Waals surface area (Å²) in [5.41, 5.74) is 0. The van der Waals surface area contributed by atoms with Gasteiger partial charge in [0, 0.05) is 0 Å². The van der Waals surface area contributed by atoms with E-state index in [0.29, 0.717) is 13.2 Å². The number of rotatable bonds is 8. The molecule has 1 saturated heterocycles. The molecule has 0 spiro atoms. The van der Waals surface area contributed by atoms with Crippen molar-refractivity contribution in [2.24, 2.45) is 0 Å². The SMILES string of the molecule is CCCCOC(=O)[C@@H]1OCO[C@H]1C(=O)OCCCC. The molecule has 0 aromatic carbocycles. The number of carbonyl (C=O) groups excluding carboxylic acids is 2. The van der Waals surface area contributed by atoms with Crippen LogP contribution in [-0.2, 0) is 28.5 Å². The minimum Gasteiger partial charge on any atom is -0.464 e. The summed E-state index contributed by atoms with van der Waals surface area (Å²) in [5, 5.41) is 0. The van der Waals surface area contributed by atoms with Crippen LogP contribution in [0.2, 0.25) is 0 Å². The Hall–Kier alpha value is -1.14. The van der Waals surface area contributed by atoms with Gasteiger partial charge < -0.3 is 18.9 Å². The standard InChI is InChI=1S/C13H22O6/c1-3-5-7-16-12(14)10-11(19-9-18-10)13(15)17-8-6-4-2/h10-11H,3-9H2,1-2H3/t10-,11-/m1/s1. The molecule has 0 saturated carbocycles. The Morgan fingerprint density at radius 2 is 1.37 bits per heavy atom. The van der Waals surface area contributed by atoms with E-state index in [4.69, 9.17) is 18.9 Å². The minimum absolute atomic E-state index is 0.0961. The lowest BCUT2D eigenvalue weighted by Gasteiger charge is -2.15. The molecule has 0 aromatic heterocycles. The van der Waals surface area contributed by atoms with Gasteiger partial charge in [-0.25, -0.2) is 9.59 Å². The third-order valence-corrected chi connectivity index (χ3v) is 2.72. The average molecular weight is 274 g/mol. The number of carbonyl (C=O) groups is 2. The Morgan fingerprint density at radius 3 is 1.74 bits per heavy atom. The normalized spacial score (nSPS) is 22.2. The lowest BCUT2D eigenvalue weighted by Crippen LogP contribution is -2.39. The second-order valence-corrected chi connectivity index (χ2v) is 4.33. The summed E-state index contributed by atoms with van der Waals surface area (Å²) in [7, 11) is 0. The van der Waals surface area contributed by atoms with E-state index in [9.17, 15) is 9.59 Å². The molecule has 110 valence electrons. The van der Waals surface area contributed by atoms with Crippen molar-refractivity contribution < 1.29 is 28.5 Å². The van der Waals surface area contributed by atoms with Gasteiger partial charge in [-0.2, -0.15) is 0 Å². The van der Waals surface area contributed by atoms with Crippen LogP contribution in [0.3, 0.4) is 0 Å². The Morgan fingerprint density at radius 1 is 0.947 bits per heavy atom. The highest BCUT2D eigenvalue weighted by atomic mass is 16.7. The van der Waals surface area contributed by atoms with Crippen LogP contribution < -0.4 is 0 Å². The van der Waals surface area contributed by atoms with Crippen molar-refractivity contribution in [3.8, 4) is 0 Å². The first-order valence-corrected chi connectivity index (χ1v) is 6.77. The highest BCUT2D eigenvalue weighted by Gasteiger charge is 2.42. The molecule has 0 aromatic rings. The predicted molar refractivity (Wildman–Crippen MR) is 66.3 cm³/mol. The van der Waals surface area contributed by atoms with E-state index >= 15 is 0 Å². The van der Waals surface area contributed by atoms with E-state index in [1.807, 2.05) is 13.8 Å². The van der Waals surface area contributed by atoms with Crippen LogP contribution in [-0.4, -0.2) is 44.2 Å². The molecule has 1 heterocycles. The topological polar surface area (TPSA) is 71.1 Å². The van der Waals surface area contributed by atoms with Gasteiger partial charge in [0.2, 0.25) is 0 Å². The van der Waals surface area contributed by atoms with Gasteiger partial charge in [0.1, 0.15) is 6.79 Å². The molecule has 1 fully saturated rings. The number of unbranched alkanes of at least 4 members (excludes halogenated alkanes) is 2. The smallest absolute Gasteiger partial charge is 0.338 e. The van der Waals surface area contributed by atoms with Gasteiger partial charge in [0.25, 0.3) is 0 Å². The quantitative estimate of drug-likeness (QED) is 0.492. The first kappa shape index (κ1) is 15.9. The molecule has 0 radical (unpaired) electrons. The zero-order valence-corrected chi connectivity index (χ0v) is 11.6. The molecule has 0 N–H and O–H groups in total. The number of esters is 2. The highest BCUT2D eigenvalue weighted by molar-refractivity contribution is 5.86. The summed E-state index contributed by atoms with van der Waals surface area (Å²) in [4.78, 5) is 23.5. The van der Waals surface area contributed by atoms with Crippen molar-refractivity contribution in [2.75, 3.05) is 20.0 Å². The fraction of sp³-hybridized carbons (Fsp3) is 0.846. The van der Waals surface area contributed by atoms with Crippen LogP contribution in [0.15, 0.2) is 0 Å². The van der Waals surface area contributed by atoms with Gasteiger partial charge in [0.05, 0.1) is 13.2 Å². The van der Waals surface area contributed by atoms with Crippen molar-refractivity contribution >= 4 is 11.9 Å². The van der Waals surface area contributed by atoms with E-state index in [2.05, 4.69) is 0 Å². The number of hydrogen-bond donors (Lipinski definition) is 0. The zero-order valence-electron chi connectivity index (χ0n) is 11.6. The molecule has 0 bridgehead atoms. The van der Waals surface area contributed by atoms with Gasteiger partial charge in [0.15, 0.2) is 12.2 Å². The van der Waals surface area contributed by atoms with Gasteiger partial charge >= 0.3 is 11.9 Å². The Kier molecular flexibility index (Phi) is 7.43. The largest absolute Gasteiger partial charge is 0.464 e. The van der Waals surface area contributed by atoms with Gasteiger partial charge in [-0.1, -0.05) is 26.7 Å². The first-order chi connectivity index (χ1) is 9.20. The molecule has 6 heteroatoms. The maximum Gasteiger partial charge on any atom is 0.338 e. The molecular formula is C13H22O6. The third kappa shape index (κ3) is 5.16. The predicted octanol–water partition coefficient (Wildman–Crippen LogP) is 1.41. The van der Waals surface area contributed by atoms with E-state index in [1.165, 1.54) is 0 Å². The molecular weight excluding hydrogens is 252 g/mol. The van der Waals surface area contributed by atoms with Gasteiger partial charge in [-0.3, -0.25) is 0 Å². The fourth-order valence-electron chi connectivity index (χ4n) is 1.54. The zero-order chi connectivity index (χ0) is 14.1. The highest BCUT2D eigenvalue weighted by Crippen LogP contribution is 2.16. The fourth-order valence-corrected chi connectivity index (χ4v) is 1.54. The maximum atomic E-state index is 11.7. The monoisotopic (exact) mass is 274 g/mol. The van der Waals surface area contributed by atoms with Crippen LogP contribution in [0, 0.1) is 0 Å². The molecule has 19 heavy (non-hydrogen) atoms. The van der Waals surface area contributed by atoms with Gasteiger partial charge in [-0.15, -0.1) is 0 Å². The van der Waals surface area contributed by atoms with E-state index in [0.717, 1.165) is 25.7 Å². The molecule has 1 rings (SSSR count). The van der Waals surface area contributed by atoms with Crippen molar-refractivity contribution in [1.29, 1.82) is 0 Å². The second-order valence-electron chi connectivity index (χ2n) is 4.33. The maximum absolute atomic E-state index is 11.7. The molecule has 0 aliphatic carbocycles. The van der Waals surface area contributed by atoms with Crippen molar-refractivity contribution in [2.45, 2.75) is 51.7 Å². The van der Waals surface area contributed by atoms with E-state index in [1.54, 1.807) is 0 Å². The number of hydrogen-bond acceptors (Lipinski definition) is 6. The minimum atomic E-state index is -1.01. The van der Waals surface area contributed by atoms with Crippen LogP contribution in [0.4, 0.5) is 0 Å². The lowest BCUT2D eigenvalue weighted by molar-refractivity contribution is -0.163. The van der Waals surface area contributed by atoms with Crippen molar-refractivity contribution in [3.05, 3.63) is 0 Å². The van der Waals surface area contributed by atoms with Gasteiger partial charge in [-0.05, 0) is 12.8 Å². The summed E-state index contributed by atoms with van der Waals surface area (Å²) in [6.07, 6.45) is 1.41. The summed E-state index contributed by atoms with van der Waals surface area (Å²) >= 11 is 0. The third-order valence-electron chi connectivity index (χ3n) is 2.72. The molecule has 2 atom stereocenters. The van der Waals surface area contributed by atoms with E-state index < -0.39 is 24.1 Å². The molecule has 6 nitrogen and oxygen atoms in total. The molecule has 1 aliphatic heterocycles. The van der Waals surface area contributed by atoms with Crippen LogP contribution in [0.1, 0.15) is 39.5 Å². The van der Waals surface area contributed by atoms with Crippen LogP contribution in [0.5, 0.6) is 0 Å². The summed E-state index contributed by atoms with van der Waals surface area (Å²) in [6.45, 7) is 4.55. The molecule has 0 amide bonds. The summed E-state index contributed by atoms with van der Waals surface area (Å²) in [6, 6.07) is 0.